The summed E-state index contributed by atoms with van der Waals surface area (Å²) in [4.78, 5) is 16.3. The van der Waals surface area contributed by atoms with Gasteiger partial charge >= 0.3 is 5.97 Å². The molecule has 0 N–H and O–H groups in total. The van der Waals surface area contributed by atoms with Crippen LogP contribution in [0.25, 0.3) is 0 Å². The van der Waals surface area contributed by atoms with Gasteiger partial charge in [0.05, 0.1) is 19.8 Å². The van der Waals surface area contributed by atoms with Crippen LogP contribution in [0.5, 0.6) is 11.5 Å². The van der Waals surface area contributed by atoms with Gasteiger partial charge in [-0.2, -0.15) is 0 Å². The molecule has 6 nitrogen and oxygen atoms in total. The Kier molecular flexibility index (Phi) is 7.14. The van der Waals surface area contributed by atoms with Crippen LogP contribution in [0.1, 0.15) is 16.8 Å². The van der Waals surface area contributed by atoms with Crippen LogP contribution in [-0.4, -0.2) is 64.4 Å². The molecule has 0 spiro atoms. The number of nitrogens with zero attached hydrogens (tertiary/aromatic N) is 2. The van der Waals surface area contributed by atoms with Gasteiger partial charge in [0.15, 0.2) is 0 Å². The predicted molar refractivity (Wildman–Crippen MR) is 110 cm³/mol. The topological polar surface area (TPSA) is 51.2 Å². The summed E-state index contributed by atoms with van der Waals surface area (Å²) in [5.41, 5.74) is 1.77. The van der Waals surface area contributed by atoms with Crippen molar-refractivity contribution in [1.82, 2.24) is 4.90 Å². The Hall–Kier alpha value is -2.73. The van der Waals surface area contributed by atoms with Gasteiger partial charge in [0.25, 0.3) is 0 Å². The SMILES string of the molecule is COC(=O)c1ccc(OCCN2CCCN(c3ccc(OC)cc3)CC2)cc1. The molecular weight excluding hydrogens is 356 g/mol. The first-order chi connectivity index (χ1) is 13.7. The number of methoxy groups -OCH3 is 2. The van der Waals surface area contributed by atoms with E-state index in [2.05, 4.69) is 21.9 Å². The van der Waals surface area contributed by atoms with E-state index in [1.54, 1.807) is 31.4 Å². The number of benzene rings is 2. The number of rotatable bonds is 7. The van der Waals surface area contributed by atoms with Crippen molar-refractivity contribution in [2.75, 3.05) is 58.5 Å². The quantitative estimate of drug-likeness (QED) is 0.684. The lowest BCUT2D eigenvalue weighted by Gasteiger charge is -2.24. The zero-order valence-electron chi connectivity index (χ0n) is 16.6. The molecule has 28 heavy (non-hydrogen) atoms. The van der Waals surface area contributed by atoms with Crippen LogP contribution in [-0.2, 0) is 4.74 Å². The molecule has 0 unspecified atom stereocenters. The van der Waals surface area contributed by atoms with Gasteiger partial charge in [-0.3, -0.25) is 4.90 Å². The maximum atomic E-state index is 11.5. The van der Waals surface area contributed by atoms with Crippen molar-refractivity contribution >= 4 is 11.7 Å². The van der Waals surface area contributed by atoms with Gasteiger partial charge in [0.1, 0.15) is 18.1 Å². The third-order valence-electron chi connectivity index (χ3n) is 4.98. The summed E-state index contributed by atoms with van der Waals surface area (Å²) in [5.74, 6) is 1.32. The third kappa shape index (κ3) is 5.39. The summed E-state index contributed by atoms with van der Waals surface area (Å²) in [5, 5.41) is 0. The van der Waals surface area contributed by atoms with Crippen molar-refractivity contribution < 1.29 is 19.0 Å². The minimum atomic E-state index is -0.336. The zero-order chi connectivity index (χ0) is 19.8. The standard InChI is InChI=1S/C22H28N2O4/c1-26-20-10-6-19(7-11-20)24-13-3-12-23(14-15-24)16-17-28-21-8-4-18(5-9-21)22(25)27-2/h4-11H,3,12-17H2,1-2H3. The molecule has 1 fully saturated rings. The second kappa shape index (κ2) is 9.99. The molecule has 0 radical (unpaired) electrons. The van der Waals surface area contributed by atoms with Crippen LogP contribution in [0.15, 0.2) is 48.5 Å². The maximum absolute atomic E-state index is 11.5. The molecule has 2 aromatic rings. The highest BCUT2D eigenvalue weighted by atomic mass is 16.5. The Morgan fingerprint density at radius 3 is 2.29 bits per heavy atom. The van der Waals surface area contributed by atoms with E-state index in [4.69, 9.17) is 14.2 Å². The minimum Gasteiger partial charge on any atom is -0.497 e. The predicted octanol–water partition coefficient (Wildman–Crippen LogP) is 3.07. The van der Waals surface area contributed by atoms with Crippen molar-refractivity contribution in [1.29, 1.82) is 0 Å². The lowest BCUT2D eigenvalue weighted by atomic mass is 10.2. The number of carbonyl (C=O) groups excluding carboxylic acids is 1. The lowest BCUT2D eigenvalue weighted by Crippen LogP contribution is -2.33. The number of ether oxygens (including phenoxy) is 3. The summed E-state index contributed by atoms with van der Waals surface area (Å²) in [6.45, 7) is 5.64. The van der Waals surface area contributed by atoms with Gasteiger partial charge in [0.2, 0.25) is 0 Å². The molecular formula is C22H28N2O4. The fourth-order valence-electron chi connectivity index (χ4n) is 3.34. The van der Waals surface area contributed by atoms with E-state index in [0.29, 0.717) is 12.2 Å². The third-order valence-corrected chi connectivity index (χ3v) is 4.98. The number of carbonyl (C=O) groups is 1. The molecule has 6 heteroatoms. The number of esters is 1. The first kappa shape index (κ1) is 20.0. The average molecular weight is 384 g/mol. The van der Waals surface area contributed by atoms with Crippen molar-refractivity contribution in [3.05, 3.63) is 54.1 Å². The first-order valence-corrected chi connectivity index (χ1v) is 9.62. The highest BCUT2D eigenvalue weighted by molar-refractivity contribution is 5.89. The average Bonchev–Trinajstić information content (AvgIpc) is 2.99. The van der Waals surface area contributed by atoms with Crippen LogP contribution in [0.4, 0.5) is 5.69 Å². The van der Waals surface area contributed by atoms with Crippen LogP contribution in [0, 0.1) is 0 Å². The molecule has 3 rings (SSSR count). The fourth-order valence-corrected chi connectivity index (χ4v) is 3.34. The molecule has 1 aliphatic heterocycles. The summed E-state index contributed by atoms with van der Waals surface area (Å²) >= 11 is 0. The Balaban J connectivity index is 1.44. The van der Waals surface area contributed by atoms with Crippen molar-refractivity contribution in [2.24, 2.45) is 0 Å². The molecule has 0 saturated carbocycles. The van der Waals surface area contributed by atoms with E-state index in [1.165, 1.54) is 12.8 Å². The molecule has 1 heterocycles. The Morgan fingerprint density at radius 2 is 1.61 bits per heavy atom. The first-order valence-electron chi connectivity index (χ1n) is 9.62. The van der Waals surface area contributed by atoms with Crippen LogP contribution in [0.2, 0.25) is 0 Å². The Labute approximate surface area is 166 Å². The van der Waals surface area contributed by atoms with Gasteiger partial charge in [-0.1, -0.05) is 0 Å². The van der Waals surface area contributed by atoms with Gasteiger partial charge in [-0.05, 0) is 55.0 Å². The van der Waals surface area contributed by atoms with E-state index in [9.17, 15) is 4.79 Å². The molecule has 1 saturated heterocycles. The monoisotopic (exact) mass is 384 g/mol. The van der Waals surface area contributed by atoms with Gasteiger partial charge in [0, 0.05) is 38.4 Å². The summed E-state index contributed by atoms with van der Waals surface area (Å²) in [7, 11) is 3.07. The summed E-state index contributed by atoms with van der Waals surface area (Å²) < 4.78 is 15.8. The van der Waals surface area contributed by atoms with Crippen molar-refractivity contribution in [3.63, 3.8) is 0 Å². The Bertz CT molecular complexity index is 746. The second-order valence-electron chi connectivity index (χ2n) is 6.74. The number of hydrogen-bond donors (Lipinski definition) is 0. The van der Waals surface area contributed by atoms with E-state index in [1.807, 2.05) is 12.1 Å². The summed E-state index contributed by atoms with van der Waals surface area (Å²) in [6.07, 6.45) is 1.12. The maximum Gasteiger partial charge on any atom is 0.337 e. The van der Waals surface area contributed by atoms with E-state index in [0.717, 1.165) is 50.6 Å². The second-order valence-corrected chi connectivity index (χ2v) is 6.74. The van der Waals surface area contributed by atoms with E-state index < -0.39 is 0 Å². The zero-order valence-corrected chi connectivity index (χ0v) is 16.6. The van der Waals surface area contributed by atoms with Crippen LogP contribution >= 0.6 is 0 Å². The van der Waals surface area contributed by atoms with Crippen LogP contribution in [0.3, 0.4) is 0 Å². The molecule has 0 amide bonds. The van der Waals surface area contributed by atoms with E-state index in [-0.39, 0.29) is 5.97 Å². The van der Waals surface area contributed by atoms with Gasteiger partial charge < -0.3 is 19.1 Å². The fraction of sp³-hybridized carbons (Fsp3) is 0.409. The van der Waals surface area contributed by atoms with E-state index >= 15 is 0 Å². The molecule has 0 bridgehead atoms. The summed E-state index contributed by atoms with van der Waals surface area (Å²) in [6, 6.07) is 15.3. The lowest BCUT2D eigenvalue weighted by molar-refractivity contribution is 0.0600. The highest BCUT2D eigenvalue weighted by Gasteiger charge is 2.15. The van der Waals surface area contributed by atoms with Crippen LogP contribution < -0.4 is 14.4 Å². The van der Waals surface area contributed by atoms with Crippen molar-refractivity contribution in [2.45, 2.75) is 6.42 Å². The molecule has 150 valence electrons. The largest absolute Gasteiger partial charge is 0.497 e. The Morgan fingerprint density at radius 1 is 0.893 bits per heavy atom. The van der Waals surface area contributed by atoms with Gasteiger partial charge in [-0.25, -0.2) is 4.79 Å². The molecule has 0 aromatic heterocycles. The van der Waals surface area contributed by atoms with Gasteiger partial charge in [-0.15, -0.1) is 0 Å². The molecule has 0 atom stereocenters. The number of anilines is 1. The molecule has 0 aliphatic carbocycles. The number of hydrogen-bond acceptors (Lipinski definition) is 6. The minimum absolute atomic E-state index is 0.336. The highest BCUT2D eigenvalue weighted by Crippen LogP contribution is 2.20. The smallest absolute Gasteiger partial charge is 0.337 e. The molecule has 2 aromatic carbocycles. The van der Waals surface area contributed by atoms with Crippen molar-refractivity contribution in [3.8, 4) is 11.5 Å². The molecule has 1 aliphatic rings. The normalized spacial score (nSPS) is 15.0.